The van der Waals surface area contributed by atoms with Crippen molar-refractivity contribution in [1.29, 1.82) is 0 Å². The quantitative estimate of drug-likeness (QED) is 0.825. The van der Waals surface area contributed by atoms with E-state index in [-0.39, 0.29) is 18.3 Å². The molecule has 0 aliphatic rings. The molecule has 2 rings (SSSR count). The van der Waals surface area contributed by atoms with Gasteiger partial charge in [0.2, 0.25) is 0 Å². The van der Waals surface area contributed by atoms with Crippen LogP contribution in [0.15, 0.2) is 40.9 Å². The van der Waals surface area contributed by atoms with Gasteiger partial charge in [0.1, 0.15) is 11.5 Å². The monoisotopic (exact) mass is 349 g/mol. The minimum absolute atomic E-state index is 0.0685. The molecule has 0 bridgehead atoms. The molecule has 0 saturated heterocycles. The first-order chi connectivity index (χ1) is 9.95. The van der Waals surface area contributed by atoms with Crippen LogP contribution in [0.3, 0.4) is 0 Å². The largest absolute Gasteiger partial charge is 0.506 e. The van der Waals surface area contributed by atoms with Gasteiger partial charge in [0.25, 0.3) is 5.91 Å². The molecule has 0 radical (unpaired) electrons. The maximum Gasteiger partial charge on any atom is 0.262 e. The first-order valence-corrected chi connectivity index (χ1v) is 7.23. The number of anilines is 1. The smallest absolute Gasteiger partial charge is 0.262 e. The highest BCUT2D eigenvalue weighted by molar-refractivity contribution is 9.10. The van der Waals surface area contributed by atoms with Gasteiger partial charge in [0.05, 0.1) is 4.47 Å². The molecule has 2 N–H and O–H groups in total. The summed E-state index contributed by atoms with van der Waals surface area (Å²) in [5.74, 6) is 0.575. The molecule has 0 saturated carbocycles. The number of hydrogen-bond donors (Lipinski definition) is 2. The lowest BCUT2D eigenvalue weighted by Gasteiger charge is -2.10. The summed E-state index contributed by atoms with van der Waals surface area (Å²) in [4.78, 5) is 11.9. The van der Waals surface area contributed by atoms with Crippen molar-refractivity contribution in [3.8, 4) is 11.5 Å². The van der Waals surface area contributed by atoms with Gasteiger partial charge in [-0.05, 0) is 65.2 Å². The molecule has 2 aromatic carbocycles. The number of carbonyl (C=O) groups excluding carboxylic acids is 1. The molecule has 4 nitrogen and oxygen atoms in total. The minimum Gasteiger partial charge on any atom is -0.506 e. The van der Waals surface area contributed by atoms with Crippen LogP contribution in [0.1, 0.15) is 11.1 Å². The first kappa shape index (κ1) is 15.4. The summed E-state index contributed by atoms with van der Waals surface area (Å²) in [5, 5.41) is 12.4. The van der Waals surface area contributed by atoms with Crippen LogP contribution in [0, 0.1) is 13.8 Å². The Morgan fingerprint density at radius 2 is 2.05 bits per heavy atom. The molecule has 0 unspecified atom stereocenters. The number of phenolic OH excluding ortho intramolecular Hbond substituents is 1. The number of carbonyl (C=O) groups is 1. The van der Waals surface area contributed by atoms with Gasteiger partial charge in [-0.15, -0.1) is 0 Å². The number of aryl methyl sites for hydroxylation is 2. The van der Waals surface area contributed by atoms with E-state index in [0.717, 1.165) is 5.56 Å². The third-order valence-corrected chi connectivity index (χ3v) is 3.50. The summed E-state index contributed by atoms with van der Waals surface area (Å²) in [6.45, 7) is 3.66. The maximum atomic E-state index is 11.9. The average Bonchev–Trinajstić information content (AvgIpc) is 2.42. The summed E-state index contributed by atoms with van der Waals surface area (Å²) < 4.78 is 5.97. The van der Waals surface area contributed by atoms with E-state index in [2.05, 4.69) is 21.2 Å². The molecular formula is C16H16BrNO3. The molecule has 2 aromatic rings. The first-order valence-electron chi connectivity index (χ1n) is 6.44. The van der Waals surface area contributed by atoms with Crippen LogP contribution in [-0.2, 0) is 4.79 Å². The second-order valence-corrected chi connectivity index (χ2v) is 5.63. The maximum absolute atomic E-state index is 11.9. The molecule has 0 aromatic heterocycles. The van der Waals surface area contributed by atoms with Crippen LogP contribution >= 0.6 is 15.9 Å². The summed E-state index contributed by atoms with van der Waals surface area (Å²) in [6.07, 6.45) is 0. The van der Waals surface area contributed by atoms with E-state index in [9.17, 15) is 9.90 Å². The van der Waals surface area contributed by atoms with Crippen molar-refractivity contribution >= 4 is 27.5 Å². The Hall–Kier alpha value is -2.01. The predicted molar refractivity (Wildman–Crippen MR) is 85.8 cm³/mol. The highest BCUT2D eigenvalue weighted by Crippen LogP contribution is 2.30. The van der Waals surface area contributed by atoms with Crippen molar-refractivity contribution in [3.05, 3.63) is 52.0 Å². The van der Waals surface area contributed by atoms with Crippen molar-refractivity contribution < 1.29 is 14.6 Å². The normalized spacial score (nSPS) is 10.2. The molecule has 0 atom stereocenters. The topological polar surface area (TPSA) is 58.6 Å². The molecular weight excluding hydrogens is 334 g/mol. The summed E-state index contributed by atoms with van der Waals surface area (Å²) in [6, 6.07) is 10.9. The molecule has 1 amide bonds. The van der Waals surface area contributed by atoms with Crippen molar-refractivity contribution in [2.45, 2.75) is 13.8 Å². The number of halogens is 1. The Morgan fingerprint density at radius 3 is 2.71 bits per heavy atom. The predicted octanol–water partition coefficient (Wildman–Crippen LogP) is 3.79. The molecule has 110 valence electrons. The van der Waals surface area contributed by atoms with Gasteiger partial charge in [0.15, 0.2) is 6.61 Å². The zero-order chi connectivity index (χ0) is 15.4. The van der Waals surface area contributed by atoms with Crippen LogP contribution in [0.4, 0.5) is 5.69 Å². The van der Waals surface area contributed by atoms with Crippen LogP contribution in [0.25, 0.3) is 0 Å². The van der Waals surface area contributed by atoms with Crippen molar-refractivity contribution in [2.75, 3.05) is 11.9 Å². The minimum atomic E-state index is -0.256. The molecule has 0 aliphatic heterocycles. The van der Waals surface area contributed by atoms with Gasteiger partial charge >= 0.3 is 0 Å². The Kier molecular flexibility index (Phi) is 4.85. The molecule has 5 heteroatoms. The van der Waals surface area contributed by atoms with E-state index in [1.807, 2.05) is 31.2 Å². The second kappa shape index (κ2) is 6.63. The van der Waals surface area contributed by atoms with E-state index in [0.29, 0.717) is 21.5 Å². The second-order valence-electron chi connectivity index (χ2n) is 4.78. The zero-order valence-corrected chi connectivity index (χ0v) is 13.4. The van der Waals surface area contributed by atoms with Gasteiger partial charge in [-0.2, -0.15) is 0 Å². The lowest BCUT2D eigenvalue weighted by molar-refractivity contribution is -0.118. The highest BCUT2D eigenvalue weighted by Gasteiger charge is 2.08. The Labute approximate surface area is 131 Å². The number of amides is 1. The summed E-state index contributed by atoms with van der Waals surface area (Å²) in [5.41, 5.74) is 2.36. The van der Waals surface area contributed by atoms with E-state index in [4.69, 9.17) is 4.74 Å². The Morgan fingerprint density at radius 1 is 1.29 bits per heavy atom. The van der Waals surface area contributed by atoms with Gasteiger partial charge < -0.3 is 15.2 Å². The van der Waals surface area contributed by atoms with Crippen LogP contribution < -0.4 is 10.1 Å². The number of phenols is 1. The molecule has 0 aliphatic carbocycles. The molecule has 0 fully saturated rings. The van der Waals surface area contributed by atoms with E-state index in [1.165, 1.54) is 0 Å². The van der Waals surface area contributed by atoms with Gasteiger partial charge in [-0.25, -0.2) is 0 Å². The van der Waals surface area contributed by atoms with E-state index >= 15 is 0 Å². The highest BCUT2D eigenvalue weighted by atomic mass is 79.9. The summed E-state index contributed by atoms with van der Waals surface area (Å²) in [7, 11) is 0. The Bertz CT molecular complexity index is 647. The molecule has 21 heavy (non-hydrogen) atoms. The lowest BCUT2D eigenvalue weighted by atomic mass is 10.2. The zero-order valence-electron chi connectivity index (χ0n) is 11.8. The third-order valence-electron chi connectivity index (χ3n) is 2.90. The number of nitrogens with one attached hydrogen (secondary N) is 1. The van der Waals surface area contributed by atoms with Crippen LogP contribution in [0.5, 0.6) is 11.5 Å². The fourth-order valence-electron chi connectivity index (χ4n) is 1.86. The lowest BCUT2D eigenvalue weighted by Crippen LogP contribution is -2.20. The van der Waals surface area contributed by atoms with Gasteiger partial charge in [-0.1, -0.05) is 12.1 Å². The molecule has 0 heterocycles. The standard InChI is InChI=1S/C16H16BrNO3/c1-10-4-3-5-13(6-10)21-9-15(19)18-12-7-11(2)16(20)14(17)8-12/h3-8,20H,9H2,1-2H3,(H,18,19). The van der Waals surface area contributed by atoms with Gasteiger partial charge in [0, 0.05) is 5.69 Å². The summed E-state index contributed by atoms with van der Waals surface area (Å²) >= 11 is 3.24. The van der Waals surface area contributed by atoms with Crippen LogP contribution in [0.2, 0.25) is 0 Å². The van der Waals surface area contributed by atoms with Crippen molar-refractivity contribution in [1.82, 2.24) is 0 Å². The SMILES string of the molecule is Cc1cccc(OCC(=O)Nc2cc(C)c(O)c(Br)c2)c1. The van der Waals surface area contributed by atoms with Crippen LogP contribution in [-0.4, -0.2) is 17.6 Å². The molecule has 0 spiro atoms. The number of benzene rings is 2. The fraction of sp³-hybridized carbons (Fsp3) is 0.188. The van der Waals surface area contributed by atoms with Gasteiger partial charge in [-0.3, -0.25) is 4.79 Å². The van der Waals surface area contributed by atoms with E-state index in [1.54, 1.807) is 19.1 Å². The third kappa shape index (κ3) is 4.23. The van der Waals surface area contributed by atoms with Crippen molar-refractivity contribution in [2.24, 2.45) is 0 Å². The Balaban J connectivity index is 1.96. The van der Waals surface area contributed by atoms with E-state index < -0.39 is 0 Å². The number of ether oxygens (including phenoxy) is 1. The number of aromatic hydroxyl groups is 1. The average molecular weight is 350 g/mol. The number of hydrogen-bond acceptors (Lipinski definition) is 3. The fourth-order valence-corrected chi connectivity index (χ4v) is 2.42. The van der Waals surface area contributed by atoms with Crippen molar-refractivity contribution in [3.63, 3.8) is 0 Å². The number of rotatable bonds is 4.